The maximum atomic E-state index is 14.7. The molecule has 312 valence electrons. The van der Waals surface area contributed by atoms with Crippen molar-refractivity contribution in [2.24, 2.45) is 0 Å². The molecule has 2 aromatic carbocycles. The Bertz CT molecular complexity index is 1830. The maximum Gasteiger partial charge on any atom is 0.410 e. The van der Waals surface area contributed by atoms with Gasteiger partial charge in [-0.05, 0) is 123 Å². The SMILES string of the molecule is Cc1cc2c(cc1C(=O)N(C(C)C)[C@@H]1CC[C@H](CCN(C(=O)Cc3ccc(Cl)cc3)C3CC3)N(C(=O)OC(C)(C)C)C1)N(CCNC(=O)C(F)F)C(=O)C(C)(C)O2. The van der Waals surface area contributed by atoms with Crippen LogP contribution < -0.4 is 15.0 Å². The number of benzene rings is 2. The molecule has 0 spiro atoms. The highest BCUT2D eigenvalue weighted by molar-refractivity contribution is 6.30. The fourth-order valence-corrected chi connectivity index (χ4v) is 7.77. The first-order chi connectivity index (χ1) is 26.7. The van der Waals surface area contributed by atoms with Crippen molar-refractivity contribution in [3.05, 3.63) is 58.1 Å². The fourth-order valence-electron chi connectivity index (χ4n) is 7.64. The molecule has 1 N–H and O–H groups in total. The van der Waals surface area contributed by atoms with Gasteiger partial charge in [-0.15, -0.1) is 0 Å². The standard InChI is InChI=1S/C42H56ClF2N5O7/c1-25(2)50(38(53)32-23-33-34(21-26(32)3)56-42(7,8)39(54)48(33)20-18-46-37(52)36(44)45)31-16-15-30(49(24-31)40(55)57-41(4,5)6)17-19-47(29-13-14-29)35(51)22-27-9-11-28(43)12-10-27/h9-12,21,23,25,29-31,36H,13-20,22,24H2,1-8H3,(H,46,52)/t30-,31-/m1/s1. The molecule has 5 rings (SSSR count). The van der Waals surface area contributed by atoms with Crippen molar-refractivity contribution in [3.63, 3.8) is 0 Å². The first-order valence-corrected chi connectivity index (χ1v) is 20.1. The molecule has 1 saturated heterocycles. The van der Waals surface area contributed by atoms with E-state index < -0.39 is 35.5 Å². The van der Waals surface area contributed by atoms with E-state index in [2.05, 4.69) is 5.32 Å². The lowest BCUT2D eigenvalue weighted by atomic mass is 9.93. The van der Waals surface area contributed by atoms with Crippen LogP contribution in [0.25, 0.3) is 0 Å². The number of piperidine rings is 1. The number of aryl methyl sites for hydroxylation is 1. The van der Waals surface area contributed by atoms with Crippen molar-refractivity contribution < 1.29 is 42.2 Å². The molecule has 12 nitrogen and oxygen atoms in total. The second kappa shape index (κ2) is 17.6. The first kappa shape index (κ1) is 43.7. The number of anilines is 1. The summed E-state index contributed by atoms with van der Waals surface area (Å²) in [5.74, 6) is -1.84. The Labute approximate surface area is 339 Å². The van der Waals surface area contributed by atoms with Gasteiger partial charge in [-0.3, -0.25) is 19.2 Å². The average molecular weight is 816 g/mol. The molecular formula is C42H56ClF2N5O7. The summed E-state index contributed by atoms with van der Waals surface area (Å²) < 4.78 is 37.7. The second-order valence-electron chi connectivity index (χ2n) is 17.0. The molecule has 2 aromatic rings. The lowest BCUT2D eigenvalue weighted by molar-refractivity contribution is -0.133. The lowest BCUT2D eigenvalue weighted by Crippen LogP contribution is -2.58. The van der Waals surface area contributed by atoms with Crippen LogP contribution >= 0.6 is 11.6 Å². The number of likely N-dealkylation sites (tertiary alicyclic amines) is 1. The molecule has 1 aliphatic carbocycles. The molecule has 1 saturated carbocycles. The van der Waals surface area contributed by atoms with Gasteiger partial charge in [-0.1, -0.05) is 23.7 Å². The Morgan fingerprint density at radius 1 is 1.04 bits per heavy atom. The van der Waals surface area contributed by atoms with E-state index in [9.17, 15) is 32.8 Å². The van der Waals surface area contributed by atoms with Crippen molar-refractivity contribution in [1.82, 2.24) is 20.0 Å². The summed E-state index contributed by atoms with van der Waals surface area (Å²) in [6, 6.07) is 9.78. The molecule has 2 heterocycles. The Morgan fingerprint density at radius 3 is 2.28 bits per heavy atom. The summed E-state index contributed by atoms with van der Waals surface area (Å²) in [6.45, 7) is 14.5. The summed E-state index contributed by atoms with van der Waals surface area (Å²) >= 11 is 6.06. The van der Waals surface area contributed by atoms with Crippen LogP contribution in [-0.4, -0.2) is 112 Å². The Balaban J connectivity index is 1.37. The molecule has 2 atom stereocenters. The first-order valence-electron chi connectivity index (χ1n) is 19.7. The quantitative estimate of drug-likeness (QED) is 0.236. The number of carbonyl (C=O) groups is 5. The largest absolute Gasteiger partial charge is 0.476 e. The van der Waals surface area contributed by atoms with E-state index in [1.807, 2.05) is 30.9 Å². The van der Waals surface area contributed by atoms with Gasteiger partial charge in [0.1, 0.15) is 11.4 Å². The van der Waals surface area contributed by atoms with Crippen LogP contribution in [-0.2, 0) is 25.5 Å². The summed E-state index contributed by atoms with van der Waals surface area (Å²) in [5, 5.41) is 2.75. The number of rotatable bonds is 13. The Hall–Kier alpha value is -4.46. The van der Waals surface area contributed by atoms with E-state index in [-0.39, 0.29) is 67.7 Å². The van der Waals surface area contributed by atoms with Gasteiger partial charge < -0.3 is 34.4 Å². The van der Waals surface area contributed by atoms with Crippen molar-refractivity contribution in [2.45, 2.75) is 136 Å². The number of carbonyl (C=O) groups excluding carboxylic acids is 5. The monoisotopic (exact) mass is 815 g/mol. The smallest absolute Gasteiger partial charge is 0.410 e. The number of nitrogens with one attached hydrogen (secondary N) is 1. The number of hydrogen-bond acceptors (Lipinski definition) is 7. The molecule has 0 aromatic heterocycles. The summed E-state index contributed by atoms with van der Waals surface area (Å²) in [7, 11) is 0. The third kappa shape index (κ3) is 10.7. The summed E-state index contributed by atoms with van der Waals surface area (Å²) in [5.41, 5.74) is 0.0253. The topological polar surface area (TPSA) is 129 Å². The molecular weight excluding hydrogens is 760 g/mol. The van der Waals surface area contributed by atoms with Crippen molar-refractivity contribution in [3.8, 4) is 5.75 Å². The minimum absolute atomic E-state index is 0.0291. The number of hydrogen-bond donors (Lipinski definition) is 1. The molecule has 2 fully saturated rings. The van der Waals surface area contributed by atoms with Crippen LogP contribution in [0.3, 0.4) is 0 Å². The van der Waals surface area contributed by atoms with E-state index in [1.165, 1.54) is 4.90 Å². The van der Waals surface area contributed by atoms with Gasteiger partial charge in [0.25, 0.3) is 17.7 Å². The zero-order valence-electron chi connectivity index (χ0n) is 34.2. The molecule has 2 aliphatic heterocycles. The van der Waals surface area contributed by atoms with Crippen molar-refractivity contribution >= 4 is 47.0 Å². The normalized spacial score (nSPS) is 19.2. The van der Waals surface area contributed by atoms with E-state index in [0.717, 1.165) is 18.4 Å². The van der Waals surface area contributed by atoms with Gasteiger partial charge in [0.05, 0.1) is 18.2 Å². The fraction of sp³-hybridized carbons (Fsp3) is 0.595. The Morgan fingerprint density at radius 2 is 1.68 bits per heavy atom. The number of halogens is 3. The predicted molar refractivity (Wildman–Crippen MR) is 213 cm³/mol. The van der Waals surface area contributed by atoms with Crippen LogP contribution in [0, 0.1) is 6.92 Å². The third-order valence-electron chi connectivity index (χ3n) is 10.6. The molecule has 0 unspecified atom stereocenters. The lowest BCUT2D eigenvalue weighted by Gasteiger charge is -2.46. The van der Waals surface area contributed by atoms with Gasteiger partial charge in [-0.2, -0.15) is 8.78 Å². The Kier molecular flexibility index (Phi) is 13.5. The molecule has 3 aliphatic rings. The number of ether oxygens (including phenoxy) is 2. The van der Waals surface area contributed by atoms with Gasteiger partial charge >= 0.3 is 12.5 Å². The van der Waals surface area contributed by atoms with Crippen LogP contribution in [0.1, 0.15) is 102 Å². The minimum Gasteiger partial charge on any atom is -0.476 e. The van der Waals surface area contributed by atoms with E-state index in [4.69, 9.17) is 21.1 Å². The van der Waals surface area contributed by atoms with Crippen LogP contribution in [0.2, 0.25) is 5.02 Å². The highest BCUT2D eigenvalue weighted by atomic mass is 35.5. The van der Waals surface area contributed by atoms with Gasteiger partial charge in [0.2, 0.25) is 5.91 Å². The zero-order valence-corrected chi connectivity index (χ0v) is 35.0. The van der Waals surface area contributed by atoms with Gasteiger partial charge in [-0.25, -0.2) is 4.79 Å². The van der Waals surface area contributed by atoms with E-state index in [0.29, 0.717) is 47.7 Å². The number of amides is 5. The summed E-state index contributed by atoms with van der Waals surface area (Å²) in [4.78, 5) is 74.0. The number of nitrogens with zero attached hydrogens (tertiary/aromatic N) is 4. The van der Waals surface area contributed by atoms with Crippen LogP contribution in [0.4, 0.5) is 19.3 Å². The highest BCUT2D eigenvalue weighted by Gasteiger charge is 2.43. The average Bonchev–Trinajstić information content (AvgIpc) is 3.95. The van der Waals surface area contributed by atoms with Crippen molar-refractivity contribution in [1.29, 1.82) is 0 Å². The second-order valence-corrected chi connectivity index (χ2v) is 17.5. The molecule has 5 amide bonds. The van der Waals surface area contributed by atoms with Gasteiger partial charge in [0, 0.05) is 54.9 Å². The number of alkyl halides is 2. The molecule has 15 heteroatoms. The third-order valence-corrected chi connectivity index (χ3v) is 10.8. The van der Waals surface area contributed by atoms with E-state index >= 15 is 0 Å². The molecule has 0 bridgehead atoms. The summed E-state index contributed by atoms with van der Waals surface area (Å²) in [6.07, 6.45) is 0.158. The van der Waals surface area contributed by atoms with E-state index in [1.54, 1.807) is 75.6 Å². The minimum atomic E-state index is -3.20. The van der Waals surface area contributed by atoms with Gasteiger partial charge in [0.15, 0.2) is 5.60 Å². The zero-order chi connectivity index (χ0) is 42.0. The highest BCUT2D eigenvalue weighted by Crippen LogP contribution is 2.40. The molecule has 0 radical (unpaired) electrons. The predicted octanol–water partition coefficient (Wildman–Crippen LogP) is 6.78. The van der Waals surface area contributed by atoms with Crippen LogP contribution in [0.15, 0.2) is 36.4 Å². The van der Waals surface area contributed by atoms with Crippen molar-refractivity contribution in [2.75, 3.05) is 31.1 Å². The number of fused-ring (bicyclic) bond motifs is 1. The van der Waals surface area contributed by atoms with Crippen LogP contribution in [0.5, 0.6) is 5.75 Å². The molecule has 57 heavy (non-hydrogen) atoms. The maximum absolute atomic E-state index is 14.7.